The number of rotatable bonds is 5. The predicted molar refractivity (Wildman–Crippen MR) is 85.2 cm³/mol. The summed E-state index contributed by atoms with van der Waals surface area (Å²) in [7, 11) is 0. The highest BCUT2D eigenvalue weighted by molar-refractivity contribution is 9.10. The van der Waals surface area contributed by atoms with Crippen molar-refractivity contribution in [2.75, 3.05) is 5.32 Å². The highest BCUT2D eigenvalue weighted by Gasteiger charge is 2.13. The van der Waals surface area contributed by atoms with Crippen LogP contribution < -0.4 is 5.32 Å². The van der Waals surface area contributed by atoms with Crippen LogP contribution in [0.4, 0.5) is 11.4 Å². The zero-order valence-electron chi connectivity index (χ0n) is 11.5. The van der Waals surface area contributed by atoms with Crippen molar-refractivity contribution in [3.63, 3.8) is 0 Å². The number of aliphatic hydroxyl groups is 1. The number of nitrogens with one attached hydrogen (secondary N) is 1. The van der Waals surface area contributed by atoms with Gasteiger partial charge in [-0.2, -0.15) is 0 Å². The van der Waals surface area contributed by atoms with Crippen LogP contribution in [-0.2, 0) is 13.2 Å². The number of anilines is 1. The number of aliphatic hydroxyl groups excluding tert-OH is 1. The molecule has 0 aliphatic rings. The summed E-state index contributed by atoms with van der Waals surface area (Å²) in [5, 5.41) is 23.1. The van der Waals surface area contributed by atoms with Crippen molar-refractivity contribution >= 4 is 27.3 Å². The van der Waals surface area contributed by atoms with Gasteiger partial charge < -0.3 is 10.4 Å². The molecule has 5 nitrogen and oxygen atoms in total. The smallest absolute Gasteiger partial charge is 0.273 e. The molecule has 2 rings (SSSR count). The van der Waals surface area contributed by atoms with Crippen LogP contribution in [0.5, 0.6) is 0 Å². The molecule has 6 heteroatoms. The van der Waals surface area contributed by atoms with Crippen molar-refractivity contribution in [3.05, 3.63) is 67.7 Å². The molecule has 2 aromatic rings. The fraction of sp³-hybridized carbons (Fsp3) is 0.200. The van der Waals surface area contributed by atoms with Crippen LogP contribution in [0.2, 0.25) is 0 Å². The zero-order valence-corrected chi connectivity index (χ0v) is 13.1. The van der Waals surface area contributed by atoms with E-state index in [9.17, 15) is 10.1 Å². The van der Waals surface area contributed by atoms with Gasteiger partial charge in [0.25, 0.3) is 5.69 Å². The van der Waals surface area contributed by atoms with E-state index in [1.165, 1.54) is 6.07 Å². The van der Waals surface area contributed by atoms with Crippen LogP contribution in [0, 0.1) is 17.0 Å². The summed E-state index contributed by atoms with van der Waals surface area (Å²) in [6.45, 7) is 2.34. The second-order valence-corrected chi connectivity index (χ2v) is 5.56. The highest BCUT2D eigenvalue weighted by Crippen LogP contribution is 2.30. The minimum atomic E-state index is -0.391. The van der Waals surface area contributed by atoms with E-state index < -0.39 is 4.92 Å². The molecule has 0 saturated carbocycles. The van der Waals surface area contributed by atoms with Crippen molar-refractivity contribution < 1.29 is 10.0 Å². The number of halogens is 1. The molecule has 0 aliphatic heterocycles. The van der Waals surface area contributed by atoms with E-state index in [2.05, 4.69) is 21.2 Å². The van der Waals surface area contributed by atoms with Gasteiger partial charge in [-0.15, -0.1) is 0 Å². The summed E-state index contributed by atoms with van der Waals surface area (Å²) >= 11 is 3.35. The van der Waals surface area contributed by atoms with E-state index >= 15 is 0 Å². The van der Waals surface area contributed by atoms with Crippen LogP contribution in [0.1, 0.15) is 16.7 Å². The van der Waals surface area contributed by atoms with Gasteiger partial charge >= 0.3 is 0 Å². The molecule has 110 valence electrons. The molecule has 0 unspecified atom stereocenters. The Morgan fingerprint density at radius 3 is 2.43 bits per heavy atom. The average Bonchev–Trinajstić information content (AvgIpc) is 2.48. The maximum atomic E-state index is 10.9. The second-order valence-electron chi connectivity index (χ2n) is 4.70. The van der Waals surface area contributed by atoms with Crippen LogP contribution in [-0.4, -0.2) is 10.0 Å². The molecule has 0 bridgehead atoms. The largest absolute Gasteiger partial charge is 0.392 e. The quantitative estimate of drug-likeness (QED) is 0.635. The third kappa shape index (κ3) is 3.80. The number of hydrogen-bond acceptors (Lipinski definition) is 4. The Labute approximate surface area is 130 Å². The second kappa shape index (κ2) is 6.69. The van der Waals surface area contributed by atoms with E-state index in [-0.39, 0.29) is 12.3 Å². The molecule has 0 saturated heterocycles. The van der Waals surface area contributed by atoms with E-state index in [1.54, 1.807) is 13.0 Å². The third-order valence-corrected chi connectivity index (χ3v) is 3.83. The molecule has 0 radical (unpaired) electrons. The number of hydrogen-bond donors (Lipinski definition) is 2. The first kappa shape index (κ1) is 15.5. The summed E-state index contributed by atoms with van der Waals surface area (Å²) < 4.78 is 0.659. The third-order valence-electron chi connectivity index (χ3n) is 3.17. The number of aryl methyl sites for hydroxylation is 1. The summed E-state index contributed by atoms with van der Waals surface area (Å²) in [5.41, 5.74) is 3.45. The first-order valence-corrected chi connectivity index (χ1v) is 7.17. The topological polar surface area (TPSA) is 75.4 Å². The number of nitrogens with zero attached hydrogens (tertiary/aromatic N) is 1. The molecule has 0 amide bonds. The maximum absolute atomic E-state index is 10.9. The van der Waals surface area contributed by atoms with Crippen molar-refractivity contribution in [2.45, 2.75) is 20.1 Å². The molecular weight excluding hydrogens is 336 g/mol. The molecular formula is C15H15BrN2O3. The van der Waals surface area contributed by atoms with Crippen molar-refractivity contribution in [1.29, 1.82) is 0 Å². The fourth-order valence-electron chi connectivity index (χ4n) is 1.96. The Morgan fingerprint density at radius 1 is 1.24 bits per heavy atom. The van der Waals surface area contributed by atoms with Gasteiger partial charge in [-0.1, -0.05) is 24.3 Å². The van der Waals surface area contributed by atoms with Gasteiger partial charge in [0.1, 0.15) is 0 Å². The molecule has 2 aromatic carbocycles. The number of nitro benzene ring substituents is 1. The van der Waals surface area contributed by atoms with Gasteiger partial charge in [0, 0.05) is 28.3 Å². The zero-order chi connectivity index (χ0) is 15.4. The highest BCUT2D eigenvalue weighted by atomic mass is 79.9. The van der Waals surface area contributed by atoms with Gasteiger partial charge in [-0.25, -0.2) is 0 Å². The molecule has 0 heterocycles. The Hall–Kier alpha value is -1.92. The lowest BCUT2D eigenvalue weighted by molar-refractivity contribution is -0.385. The first-order valence-electron chi connectivity index (χ1n) is 6.38. The Balaban J connectivity index is 2.12. The monoisotopic (exact) mass is 350 g/mol. The molecule has 0 atom stereocenters. The van der Waals surface area contributed by atoms with E-state index in [0.29, 0.717) is 16.6 Å². The number of nitro groups is 1. The molecule has 0 fully saturated rings. The summed E-state index contributed by atoms with van der Waals surface area (Å²) in [6, 6.07) is 10.9. The van der Waals surface area contributed by atoms with E-state index in [1.807, 2.05) is 24.3 Å². The first-order chi connectivity index (χ1) is 10.0. The normalized spacial score (nSPS) is 10.4. The summed E-state index contributed by atoms with van der Waals surface area (Å²) in [4.78, 5) is 10.5. The van der Waals surface area contributed by atoms with Crippen molar-refractivity contribution in [2.24, 2.45) is 0 Å². The molecule has 21 heavy (non-hydrogen) atoms. The average molecular weight is 351 g/mol. The van der Waals surface area contributed by atoms with Gasteiger partial charge in [0.15, 0.2) is 0 Å². The lowest BCUT2D eigenvalue weighted by atomic mass is 10.1. The standard InChI is InChI=1S/C15H15BrN2O3/c1-10-6-14(13(16)7-15(10)18(20)21)17-8-11-2-4-12(9-19)5-3-11/h2-7,17,19H,8-9H2,1H3. The number of benzene rings is 2. The Bertz CT molecular complexity index is 657. The van der Waals surface area contributed by atoms with Gasteiger partial charge in [0.2, 0.25) is 0 Å². The van der Waals surface area contributed by atoms with E-state index in [0.717, 1.165) is 16.8 Å². The van der Waals surface area contributed by atoms with Crippen LogP contribution in [0.15, 0.2) is 40.9 Å². The predicted octanol–water partition coefficient (Wildman–Crippen LogP) is 3.77. The Kier molecular flexibility index (Phi) is 4.93. The summed E-state index contributed by atoms with van der Waals surface area (Å²) in [5.74, 6) is 0. The van der Waals surface area contributed by atoms with Crippen LogP contribution >= 0.6 is 15.9 Å². The summed E-state index contributed by atoms with van der Waals surface area (Å²) in [6.07, 6.45) is 0. The fourth-order valence-corrected chi connectivity index (χ4v) is 2.43. The lowest BCUT2D eigenvalue weighted by Gasteiger charge is -2.10. The van der Waals surface area contributed by atoms with Crippen LogP contribution in [0.25, 0.3) is 0 Å². The van der Waals surface area contributed by atoms with Gasteiger partial charge in [-0.3, -0.25) is 10.1 Å². The lowest BCUT2D eigenvalue weighted by Crippen LogP contribution is -2.02. The van der Waals surface area contributed by atoms with Crippen molar-refractivity contribution in [3.8, 4) is 0 Å². The molecule has 0 aromatic heterocycles. The molecule has 2 N–H and O–H groups in total. The van der Waals surface area contributed by atoms with Gasteiger partial charge in [0.05, 0.1) is 11.5 Å². The minimum Gasteiger partial charge on any atom is -0.392 e. The molecule has 0 aliphatic carbocycles. The van der Waals surface area contributed by atoms with E-state index in [4.69, 9.17) is 5.11 Å². The SMILES string of the molecule is Cc1cc(NCc2ccc(CO)cc2)c(Br)cc1[N+](=O)[O-]. The maximum Gasteiger partial charge on any atom is 0.273 e. The van der Waals surface area contributed by atoms with Gasteiger partial charge in [-0.05, 0) is 40.0 Å². The van der Waals surface area contributed by atoms with Crippen molar-refractivity contribution in [1.82, 2.24) is 0 Å². The molecule has 0 spiro atoms. The Morgan fingerprint density at radius 2 is 1.86 bits per heavy atom. The van der Waals surface area contributed by atoms with Crippen LogP contribution in [0.3, 0.4) is 0 Å². The minimum absolute atomic E-state index is 0.0286.